The van der Waals surface area contributed by atoms with Crippen LogP contribution in [-0.4, -0.2) is 17.0 Å². The number of aromatic nitrogens is 1. The lowest BCUT2D eigenvalue weighted by Crippen LogP contribution is -2.24. The molecule has 0 aromatic carbocycles. The van der Waals surface area contributed by atoms with Gasteiger partial charge in [0.15, 0.2) is 0 Å². The summed E-state index contributed by atoms with van der Waals surface area (Å²) in [6.07, 6.45) is 8.91. The molecule has 74 valence electrons. The molecule has 0 spiro atoms. The number of nitrogens with one attached hydrogen (secondary N) is 1. The maximum atomic E-state index is 11.6. The number of carbonyl (C=O) groups excluding carboxylic acids is 1. The lowest BCUT2D eigenvalue weighted by atomic mass is 10.1. The van der Waals surface area contributed by atoms with Gasteiger partial charge in [0.1, 0.15) is 0 Å². The molecule has 1 aliphatic rings. The molecular formula is C11H14N2O. The van der Waals surface area contributed by atoms with Gasteiger partial charge in [-0.1, -0.05) is 12.2 Å². The predicted molar refractivity (Wildman–Crippen MR) is 55.3 cm³/mol. The van der Waals surface area contributed by atoms with Gasteiger partial charge in [0, 0.05) is 25.5 Å². The van der Waals surface area contributed by atoms with E-state index in [1.54, 1.807) is 0 Å². The molecule has 0 saturated carbocycles. The van der Waals surface area contributed by atoms with Crippen LogP contribution in [0.4, 0.5) is 0 Å². The first-order valence-corrected chi connectivity index (χ1v) is 4.93. The zero-order chi connectivity index (χ0) is 9.97. The van der Waals surface area contributed by atoms with Crippen molar-refractivity contribution in [3.8, 4) is 0 Å². The van der Waals surface area contributed by atoms with Crippen molar-refractivity contribution in [1.29, 1.82) is 0 Å². The van der Waals surface area contributed by atoms with E-state index < -0.39 is 0 Å². The van der Waals surface area contributed by atoms with Crippen molar-refractivity contribution in [2.75, 3.05) is 6.54 Å². The van der Waals surface area contributed by atoms with E-state index in [1.165, 1.54) is 0 Å². The largest absolute Gasteiger partial charge is 0.353 e. The minimum atomic E-state index is 0.0385. The molecule has 0 bridgehead atoms. The minimum Gasteiger partial charge on any atom is -0.353 e. The fourth-order valence-corrected chi connectivity index (χ4v) is 1.65. The molecule has 2 heterocycles. The minimum absolute atomic E-state index is 0.0385. The number of aryl methyl sites for hydroxylation is 1. The Bertz CT molecular complexity index is 377. The first kappa shape index (κ1) is 9.06. The van der Waals surface area contributed by atoms with E-state index in [2.05, 4.69) is 18.3 Å². The van der Waals surface area contributed by atoms with Crippen molar-refractivity contribution >= 4 is 5.91 Å². The summed E-state index contributed by atoms with van der Waals surface area (Å²) >= 11 is 0. The Balaban J connectivity index is 2.40. The Hall–Kier alpha value is -1.51. The number of nitrogens with zero attached hydrogens (tertiary/aromatic N) is 1. The average molecular weight is 190 g/mol. The van der Waals surface area contributed by atoms with Gasteiger partial charge in [0.25, 0.3) is 5.91 Å². The lowest BCUT2D eigenvalue weighted by molar-refractivity contribution is 0.0957. The summed E-state index contributed by atoms with van der Waals surface area (Å²) in [6, 6.07) is 0. The number of amides is 1. The molecule has 3 nitrogen and oxygen atoms in total. The maximum absolute atomic E-state index is 11.6. The quantitative estimate of drug-likeness (QED) is 0.666. The predicted octanol–water partition coefficient (Wildman–Crippen LogP) is 1.35. The summed E-state index contributed by atoms with van der Waals surface area (Å²) in [5, 5.41) is 2.84. The number of rotatable bonds is 1. The summed E-state index contributed by atoms with van der Waals surface area (Å²) in [4.78, 5) is 11.6. The summed E-state index contributed by atoms with van der Waals surface area (Å²) in [5.41, 5.74) is 1.93. The summed E-state index contributed by atoms with van der Waals surface area (Å²) in [5.74, 6) is 0.0385. The Kier molecular flexibility index (Phi) is 2.39. The maximum Gasteiger partial charge on any atom is 0.253 e. The van der Waals surface area contributed by atoms with Gasteiger partial charge in [-0.25, -0.2) is 0 Å². The van der Waals surface area contributed by atoms with Crippen LogP contribution in [0.25, 0.3) is 0 Å². The third-order valence-corrected chi connectivity index (χ3v) is 2.46. The van der Waals surface area contributed by atoms with Gasteiger partial charge in [0.2, 0.25) is 0 Å². The molecule has 0 saturated heterocycles. The standard InChI is InChI=1S/C11H14N2O/c1-2-13-7-9-5-3-4-6-12-11(14)10(9)8-13/h3-4,7-8H,2,5-6H2,1H3,(H,12,14). The third kappa shape index (κ3) is 1.58. The number of fused-ring (bicyclic) bond motifs is 1. The van der Waals surface area contributed by atoms with E-state index in [4.69, 9.17) is 0 Å². The van der Waals surface area contributed by atoms with E-state index >= 15 is 0 Å². The molecule has 0 aliphatic carbocycles. The van der Waals surface area contributed by atoms with Crippen molar-refractivity contribution in [3.63, 3.8) is 0 Å². The fraction of sp³-hybridized carbons (Fsp3) is 0.364. The van der Waals surface area contributed by atoms with Crippen molar-refractivity contribution in [2.45, 2.75) is 19.9 Å². The first-order chi connectivity index (χ1) is 6.81. The molecule has 14 heavy (non-hydrogen) atoms. The van der Waals surface area contributed by atoms with Gasteiger partial charge in [-0.2, -0.15) is 0 Å². The van der Waals surface area contributed by atoms with Crippen LogP contribution in [0.3, 0.4) is 0 Å². The zero-order valence-electron chi connectivity index (χ0n) is 8.29. The molecule has 0 fully saturated rings. The lowest BCUT2D eigenvalue weighted by Gasteiger charge is -2.05. The highest BCUT2D eigenvalue weighted by atomic mass is 16.1. The Labute approximate surface area is 83.4 Å². The number of carbonyl (C=O) groups is 1. The van der Waals surface area contributed by atoms with Crippen LogP contribution in [0.5, 0.6) is 0 Å². The van der Waals surface area contributed by atoms with Crippen LogP contribution in [0, 0.1) is 0 Å². The van der Waals surface area contributed by atoms with Gasteiger partial charge in [0.05, 0.1) is 5.56 Å². The Morgan fingerprint density at radius 1 is 1.43 bits per heavy atom. The smallest absolute Gasteiger partial charge is 0.253 e. The molecule has 1 aromatic rings. The first-order valence-electron chi connectivity index (χ1n) is 4.93. The van der Waals surface area contributed by atoms with Crippen LogP contribution in [0.2, 0.25) is 0 Å². The van der Waals surface area contributed by atoms with E-state index in [-0.39, 0.29) is 5.91 Å². The zero-order valence-corrected chi connectivity index (χ0v) is 8.29. The number of allylic oxidation sites excluding steroid dienone is 1. The third-order valence-electron chi connectivity index (χ3n) is 2.46. The normalized spacial score (nSPS) is 15.6. The van der Waals surface area contributed by atoms with Crippen molar-refractivity contribution in [1.82, 2.24) is 9.88 Å². The summed E-state index contributed by atoms with van der Waals surface area (Å²) < 4.78 is 2.05. The van der Waals surface area contributed by atoms with Crippen LogP contribution in [-0.2, 0) is 13.0 Å². The fourth-order valence-electron chi connectivity index (χ4n) is 1.65. The van der Waals surface area contributed by atoms with Crippen LogP contribution in [0.1, 0.15) is 22.8 Å². The molecule has 1 N–H and O–H groups in total. The molecule has 3 heteroatoms. The van der Waals surface area contributed by atoms with Crippen LogP contribution in [0.15, 0.2) is 24.5 Å². The topological polar surface area (TPSA) is 34.0 Å². The number of hydrogen-bond donors (Lipinski definition) is 1. The second kappa shape index (κ2) is 3.70. The molecule has 1 aliphatic heterocycles. The highest BCUT2D eigenvalue weighted by Crippen LogP contribution is 2.13. The highest BCUT2D eigenvalue weighted by Gasteiger charge is 2.13. The van der Waals surface area contributed by atoms with Crippen molar-refractivity contribution in [3.05, 3.63) is 35.7 Å². The molecule has 0 atom stereocenters. The van der Waals surface area contributed by atoms with E-state index in [0.29, 0.717) is 6.54 Å². The average Bonchev–Trinajstić information content (AvgIpc) is 2.57. The van der Waals surface area contributed by atoms with Crippen LogP contribution >= 0.6 is 0 Å². The summed E-state index contributed by atoms with van der Waals surface area (Å²) in [6.45, 7) is 3.61. The number of hydrogen-bond acceptors (Lipinski definition) is 1. The molecule has 1 amide bonds. The molecular weight excluding hydrogens is 176 g/mol. The molecule has 2 rings (SSSR count). The van der Waals surface area contributed by atoms with Gasteiger partial charge < -0.3 is 9.88 Å². The molecule has 0 unspecified atom stereocenters. The second-order valence-electron chi connectivity index (χ2n) is 3.41. The highest BCUT2D eigenvalue weighted by molar-refractivity contribution is 5.95. The SMILES string of the molecule is CCn1cc2c(c1)C(=O)NCC=CC2. The van der Waals surface area contributed by atoms with E-state index in [9.17, 15) is 4.79 Å². The van der Waals surface area contributed by atoms with Crippen molar-refractivity contribution in [2.24, 2.45) is 0 Å². The molecule has 0 radical (unpaired) electrons. The van der Waals surface area contributed by atoms with E-state index in [0.717, 1.165) is 24.1 Å². The Morgan fingerprint density at radius 3 is 3.07 bits per heavy atom. The van der Waals surface area contributed by atoms with Gasteiger partial charge in [-0.15, -0.1) is 0 Å². The van der Waals surface area contributed by atoms with Gasteiger partial charge in [-0.3, -0.25) is 4.79 Å². The Morgan fingerprint density at radius 2 is 2.29 bits per heavy atom. The van der Waals surface area contributed by atoms with E-state index in [1.807, 2.05) is 23.0 Å². The van der Waals surface area contributed by atoms with Gasteiger partial charge in [-0.05, 0) is 18.9 Å². The monoisotopic (exact) mass is 190 g/mol. The van der Waals surface area contributed by atoms with Crippen LogP contribution < -0.4 is 5.32 Å². The van der Waals surface area contributed by atoms with Crippen molar-refractivity contribution < 1.29 is 4.79 Å². The summed E-state index contributed by atoms with van der Waals surface area (Å²) in [7, 11) is 0. The molecule has 1 aromatic heterocycles. The second-order valence-corrected chi connectivity index (χ2v) is 3.41. The van der Waals surface area contributed by atoms with Gasteiger partial charge >= 0.3 is 0 Å².